The van der Waals surface area contributed by atoms with Crippen molar-refractivity contribution in [2.75, 3.05) is 13.2 Å². The standard InChI is InChI=1S/C15H14ClN3O2/c1-9-11(4-3-10(7-17)13(9)16)18-14-19-6-5-12(20)15(19,2)8-21-14/h3-5,20H,6,8H2,1-2H3/b18-14-/t15-/m0/s1. The molecule has 21 heavy (non-hydrogen) atoms. The van der Waals surface area contributed by atoms with Crippen molar-refractivity contribution in [3.05, 3.63) is 40.1 Å². The number of aliphatic hydroxyl groups excluding tert-OH is 1. The Bertz CT molecular complexity index is 720. The molecule has 1 N–H and O–H groups in total. The molecule has 0 aromatic heterocycles. The summed E-state index contributed by atoms with van der Waals surface area (Å²) in [6.07, 6.45) is 1.76. The van der Waals surface area contributed by atoms with E-state index >= 15 is 0 Å². The average molecular weight is 304 g/mol. The molecule has 108 valence electrons. The quantitative estimate of drug-likeness (QED) is 0.865. The van der Waals surface area contributed by atoms with Gasteiger partial charge in [0.1, 0.15) is 24.0 Å². The molecule has 1 aromatic rings. The van der Waals surface area contributed by atoms with Crippen LogP contribution in [-0.2, 0) is 4.74 Å². The van der Waals surface area contributed by atoms with Crippen LogP contribution in [0.5, 0.6) is 0 Å². The number of nitrogens with zero attached hydrogens (tertiary/aromatic N) is 3. The molecule has 1 fully saturated rings. The van der Waals surface area contributed by atoms with Crippen molar-refractivity contribution in [1.29, 1.82) is 5.26 Å². The monoisotopic (exact) mass is 303 g/mol. The number of nitriles is 1. The molecular formula is C15H14ClN3O2. The molecule has 0 amide bonds. The second kappa shape index (κ2) is 4.68. The highest BCUT2D eigenvalue weighted by Crippen LogP contribution is 2.36. The van der Waals surface area contributed by atoms with Gasteiger partial charge in [0.2, 0.25) is 0 Å². The first-order valence-corrected chi connectivity index (χ1v) is 6.93. The Morgan fingerprint density at radius 1 is 1.52 bits per heavy atom. The molecule has 0 bridgehead atoms. The maximum atomic E-state index is 9.94. The number of aliphatic hydroxyl groups is 1. The number of hydrogen-bond donors (Lipinski definition) is 1. The molecule has 1 atom stereocenters. The Morgan fingerprint density at radius 3 is 3.00 bits per heavy atom. The van der Waals surface area contributed by atoms with Crippen LogP contribution in [0.25, 0.3) is 0 Å². The first-order valence-electron chi connectivity index (χ1n) is 6.55. The third kappa shape index (κ3) is 1.95. The molecule has 0 unspecified atom stereocenters. The minimum Gasteiger partial charge on any atom is -0.510 e. The van der Waals surface area contributed by atoms with Crippen LogP contribution in [0.3, 0.4) is 0 Å². The molecule has 0 spiro atoms. The van der Waals surface area contributed by atoms with Crippen LogP contribution in [0.4, 0.5) is 5.69 Å². The summed E-state index contributed by atoms with van der Waals surface area (Å²) >= 11 is 6.15. The normalized spacial score (nSPS) is 25.5. The van der Waals surface area contributed by atoms with Crippen LogP contribution in [0.15, 0.2) is 29.0 Å². The Labute approximate surface area is 127 Å². The minimum absolute atomic E-state index is 0.308. The number of amidine groups is 1. The maximum Gasteiger partial charge on any atom is 0.293 e. The number of halogens is 1. The minimum atomic E-state index is -0.539. The van der Waals surface area contributed by atoms with Gasteiger partial charge in [-0.2, -0.15) is 10.3 Å². The van der Waals surface area contributed by atoms with Crippen LogP contribution >= 0.6 is 11.6 Å². The molecule has 0 aliphatic carbocycles. The van der Waals surface area contributed by atoms with Crippen molar-refractivity contribution in [3.63, 3.8) is 0 Å². The van der Waals surface area contributed by atoms with E-state index in [1.165, 1.54) is 0 Å². The van der Waals surface area contributed by atoms with E-state index < -0.39 is 5.54 Å². The van der Waals surface area contributed by atoms with E-state index in [2.05, 4.69) is 4.99 Å². The van der Waals surface area contributed by atoms with E-state index in [1.807, 2.05) is 24.8 Å². The van der Waals surface area contributed by atoms with Gasteiger partial charge < -0.3 is 14.7 Å². The number of aliphatic imine (C=N–C) groups is 1. The molecule has 3 rings (SSSR count). The smallest absolute Gasteiger partial charge is 0.293 e. The molecule has 2 aliphatic heterocycles. The summed E-state index contributed by atoms with van der Waals surface area (Å²) in [5.41, 5.74) is 1.28. The Balaban J connectivity index is 1.98. The van der Waals surface area contributed by atoms with E-state index in [0.717, 1.165) is 5.56 Å². The van der Waals surface area contributed by atoms with Gasteiger partial charge >= 0.3 is 0 Å². The van der Waals surface area contributed by atoms with Gasteiger partial charge in [0, 0.05) is 6.54 Å². The number of ether oxygens (including phenoxy) is 1. The Kier molecular flexibility index (Phi) is 3.07. The fraction of sp³-hybridized carbons (Fsp3) is 0.333. The molecule has 6 heteroatoms. The number of rotatable bonds is 1. The summed E-state index contributed by atoms with van der Waals surface area (Å²) < 4.78 is 5.62. The lowest BCUT2D eigenvalue weighted by Crippen LogP contribution is -2.42. The number of benzene rings is 1. The van der Waals surface area contributed by atoms with Crippen molar-refractivity contribution in [1.82, 2.24) is 4.90 Å². The van der Waals surface area contributed by atoms with Crippen LogP contribution < -0.4 is 0 Å². The molecule has 2 aliphatic rings. The van der Waals surface area contributed by atoms with Gasteiger partial charge in [0.15, 0.2) is 0 Å². The van der Waals surface area contributed by atoms with Gasteiger partial charge in [-0.15, -0.1) is 0 Å². The van der Waals surface area contributed by atoms with Crippen molar-refractivity contribution in [2.24, 2.45) is 4.99 Å². The van der Waals surface area contributed by atoms with E-state index in [4.69, 9.17) is 21.6 Å². The summed E-state index contributed by atoms with van der Waals surface area (Å²) in [6.45, 7) is 4.64. The fourth-order valence-corrected chi connectivity index (χ4v) is 2.74. The second-order valence-corrected chi connectivity index (χ2v) is 5.72. The first kappa shape index (κ1) is 13.8. The van der Waals surface area contributed by atoms with Crippen molar-refractivity contribution < 1.29 is 9.84 Å². The van der Waals surface area contributed by atoms with Crippen molar-refractivity contribution in [2.45, 2.75) is 19.4 Å². The van der Waals surface area contributed by atoms with E-state index in [9.17, 15) is 5.11 Å². The predicted molar refractivity (Wildman–Crippen MR) is 79.8 cm³/mol. The largest absolute Gasteiger partial charge is 0.510 e. The number of fused-ring (bicyclic) bond motifs is 1. The summed E-state index contributed by atoms with van der Waals surface area (Å²) in [4.78, 5) is 6.41. The third-order valence-electron chi connectivity index (χ3n) is 4.02. The topological polar surface area (TPSA) is 68.8 Å². The second-order valence-electron chi connectivity index (χ2n) is 5.34. The fourth-order valence-electron chi connectivity index (χ4n) is 2.54. The number of hydrogen-bond acceptors (Lipinski definition) is 4. The van der Waals surface area contributed by atoms with E-state index in [1.54, 1.807) is 18.2 Å². The van der Waals surface area contributed by atoms with E-state index in [0.29, 0.717) is 41.2 Å². The molecular weight excluding hydrogens is 290 g/mol. The van der Waals surface area contributed by atoms with Gasteiger partial charge in [-0.05, 0) is 37.6 Å². The van der Waals surface area contributed by atoms with Gasteiger partial charge in [0.05, 0.1) is 16.3 Å². The highest BCUT2D eigenvalue weighted by molar-refractivity contribution is 6.32. The van der Waals surface area contributed by atoms with Crippen LogP contribution in [0.2, 0.25) is 5.02 Å². The van der Waals surface area contributed by atoms with Crippen LogP contribution in [0.1, 0.15) is 18.1 Å². The highest BCUT2D eigenvalue weighted by Gasteiger charge is 2.48. The van der Waals surface area contributed by atoms with Gasteiger partial charge in [-0.25, -0.2) is 0 Å². The van der Waals surface area contributed by atoms with Gasteiger partial charge in [0.25, 0.3) is 6.02 Å². The van der Waals surface area contributed by atoms with Crippen molar-refractivity contribution in [3.8, 4) is 6.07 Å². The SMILES string of the molecule is Cc1c(/N=C2\OC[C@@]3(C)C(O)=CCN23)ccc(C#N)c1Cl. The summed E-state index contributed by atoms with van der Waals surface area (Å²) in [7, 11) is 0. The molecule has 1 aromatic carbocycles. The zero-order chi connectivity index (χ0) is 15.2. The highest BCUT2D eigenvalue weighted by atomic mass is 35.5. The molecule has 1 saturated heterocycles. The lowest BCUT2D eigenvalue weighted by Gasteiger charge is -2.25. The lowest BCUT2D eigenvalue weighted by molar-refractivity contribution is 0.202. The predicted octanol–water partition coefficient (Wildman–Crippen LogP) is 3.05. The summed E-state index contributed by atoms with van der Waals surface area (Å²) in [5, 5.41) is 19.3. The lowest BCUT2D eigenvalue weighted by atomic mass is 10.0. The van der Waals surface area contributed by atoms with E-state index in [-0.39, 0.29) is 0 Å². The van der Waals surface area contributed by atoms with Gasteiger partial charge in [-0.1, -0.05) is 11.6 Å². The van der Waals surface area contributed by atoms with Crippen LogP contribution in [-0.4, -0.2) is 34.7 Å². The maximum absolute atomic E-state index is 9.94. The molecule has 0 radical (unpaired) electrons. The van der Waals surface area contributed by atoms with Crippen molar-refractivity contribution >= 4 is 23.3 Å². The zero-order valence-corrected chi connectivity index (χ0v) is 12.5. The molecule has 0 saturated carbocycles. The molecule has 5 nitrogen and oxygen atoms in total. The Hall–Kier alpha value is -2.19. The first-order chi connectivity index (χ1) is 9.97. The Morgan fingerprint density at radius 2 is 2.29 bits per heavy atom. The summed E-state index contributed by atoms with van der Waals surface area (Å²) in [5.74, 6) is 0.308. The molecule has 2 heterocycles. The average Bonchev–Trinajstić information content (AvgIpc) is 2.94. The zero-order valence-electron chi connectivity index (χ0n) is 11.7. The third-order valence-corrected chi connectivity index (χ3v) is 4.51. The van der Waals surface area contributed by atoms with Gasteiger partial charge in [-0.3, -0.25) is 0 Å². The summed E-state index contributed by atoms with van der Waals surface area (Å²) in [6, 6.07) is 5.89. The van der Waals surface area contributed by atoms with Crippen LogP contribution in [0, 0.1) is 18.3 Å².